The zero-order chi connectivity index (χ0) is 19.3. The van der Waals surface area contributed by atoms with Gasteiger partial charge in [-0.05, 0) is 30.7 Å². The highest BCUT2D eigenvalue weighted by molar-refractivity contribution is 6.34. The molecule has 2 aromatic carbocycles. The Hall–Kier alpha value is -2.93. The Morgan fingerprint density at radius 3 is 2.38 bits per heavy atom. The van der Waals surface area contributed by atoms with Crippen LogP contribution in [0.3, 0.4) is 0 Å². The van der Waals surface area contributed by atoms with Gasteiger partial charge in [-0.25, -0.2) is 0 Å². The van der Waals surface area contributed by atoms with Gasteiger partial charge in [0.15, 0.2) is 0 Å². The Bertz CT molecular complexity index is 837. The van der Waals surface area contributed by atoms with E-state index >= 15 is 0 Å². The van der Waals surface area contributed by atoms with Crippen LogP contribution in [0.4, 0.5) is 11.4 Å². The molecule has 2 N–H and O–H groups in total. The van der Waals surface area contributed by atoms with E-state index in [9.17, 15) is 19.7 Å². The van der Waals surface area contributed by atoms with Crippen LogP contribution in [-0.2, 0) is 4.79 Å². The number of hydrogen-bond donors (Lipinski definition) is 2. The van der Waals surface area contributed by atoms with E-state index in [0.717, 1.165) is 11.6 Å². The molecule has 0 radical (unpaired) electrons. The van der Waals surface area contributed by atoms with Gasteiger partial charge in [-0.3, -0.25) is 19.7 Å². The molecule has 2 aromatic rings. The number of anilines is 1. The minimum absolute atomic E-state index is 0.0153. The number of nitrogens with one attached hydrogen (secondary N) is 2. The Balaban J connectivity index is 2.07. The number of benzene rings is 2. The van der Waals surface area contributed by atoms with Gasteiger partial charge < -0.3 is 10.6 Å². The molecular formula is C18H18ClN3O4. The van der Waals surface area contributed by atoms with Crippen molar-refractivity contribution in [2.45, 2.75) is 26.3 Å². The van der Waals surface area contributed by atoms with Gasteiger partial charge in [0.25, 0.3) is 11.6 Å². The van der Waals surface area contributed by atoms with Crippen molar-refractivity contribution in [3.8, 4) is 0 Å². The Labute approximate surface area is 155 Å². The number of hydrogen-bond acceptors (Lipinski definition) is 4. The van der Waals surface area contributed by atoms with E-state index in [2.05, 4.69) is 10.6 Å². The van der Waals surface area contributed by atoms with E-state index in [1.165, 1.54) is 12.1 Å². The van der Waals surface area contributed by atoms with Crippen LogP contribution in [0.5, 0.6) is 0 Å². The molecule has 0 aliphatic carbocycles. The number of rotatable bonds is 6. The van der Waals surface area contributed by atoms with Gasteiger partial charge >= 0.3 is 0 Å². The van der Waals surface area contributed by atoms with E-state index in [1.807, 2.05) is 0 Å². The Kier molecular flexibility index (Phi) is 6.30. The number of carbonyl (C=O) groups is 2. The maximum absolute atomic E-state index is 12.4. The average molecular weight is 376 g/mol. The third-order valence-electron chi connectivity index (χ3n) is 3.77. The molecule has 0 fully saturated rings. The Morgan fingerprint density at radius 2 is 1.85 bits per heavy atom. The normalized spacial score (nSPS) is 11.5. The molecule has 136 valence electrons. The third kappa shape index (κ3) is 4.80. The van der Waals surface area contributed by atoms with Gasteiger partial charge in [-0.2, -0.15) is 0 Å². The molecule has 0 spiro atoms. The quantitative estimate of drug-likeness (QED) is 0.586. The largest absolute Gasteiger partial charge is 0.345 e. The lowest BCUT2D eigenvalue weighted by atomic mass is 10.1. The second kappa shape index (κ2) is 8.44. The van der Waals surface area contributed by atoms with Crippen molar-refractivity contribution in [2.24, 2.45) is 0 Å². The van der Waals surface area contributed by atoms with Crippen LogP contribution in [0.2, 0.25) is 5.02 Å². The SMILES string of the molecule is CCC(=O)Nc1ccc(C(C)NC(=O)c2ccc([N+](=O)[O-])cc2Cl)cc1. The molecule has 0 aliphatic heterocycles. The molecule has 2 amide bonds. The van der Waals surface area contributed by atoms with Gasteiger partial charge in [0.1, 0.15) is 0 Å². The van der Waals surface area contributed by atoms with Crippen LogP contribution in [0.1, 0.15) is 42.2 Å². The van der Waals surface area contributed by atoms with Crippen molar-refractivity contribution in [3.63, 3.8) is 0 Å². The molecule has 26 heavy (non-hydrogen) atoms. The van der Waals surface area contributed by atoms with Crippen LogP contribution in [0.25, 0.3) is 0 Å². The maximum atomic E-state index is 12.4. The number of amides is 2. The molecule has 2 rings (SSSR count). The first-order valence-corrected chi connectivity index (χ1v) is 8.34. The fourth-order valence-corrected chi connectivity index (χ4v) is 2.52. The van der Waals surface area contributed by atoms with Crippen molar-refractivity contribution < 1.29 is 14.5 Å². The lowest BCUT2D eigenvalue weighted by Crippen LogP contribution is -2.26. The van der Waals surface area contributed by atoms with Crippen molar-refractivity contribution in [1.82, 2.24) is 5.32 Å². The molecule has 0 heterocycles. The van der Waals surface area contributed by atoms with Crippen LogP contribution >= 0.6 is 11.6 Å². The zero-order valence-corrected chi connectivity index (χ0v) is 15.0. The molecule has 7 nitrogen and oxygen atoms in total. The van der Waals surface area contributed by atoms with E-state index in [1.54, 1.807) is 38.1 Å². The summed E-state index contributed by atoms with van der Waals surface area (Å²) in [5, 5.41) is 16.3. The van der Waals surface area contributed by atoms with Crippen molar-refractivity contribution in [1.29, 1.82) is 0 Å². The predicted molar refractivity (Wildman–Crippen MR) is 99.4 cm³/mol. The first-order valence-electron chi connectivity index (χ1n) is 7.96. The van der Waals surface area contributed by atoms with E-state index in [0.29, 0.717) is 12.1 Å². The zero-order valence-electron chi connectivity index (χ0n) is 14.3. The molecule has 0 aliphatic rings. The van der Waals surface area contributed by atoms with Gasteiger partial charge in [-0.15, -0.1) is 0 Å². The summed E-state index contributed by atoms with van der Waals surface area (Å²) in [7, 11) is 0. The number of nitrogens with zero attached hydrogens (tertiary/aromatic N) is 1. The molecule has 0 aromatic heterocycles. The van der Waals surface area contributed by atoms with Crippen LogP contribution in [-0.4, -0.2) is 16.7 Å². The summed E-state index contributed by atoms with van der Waals surface area (Å²) in [6.45, 7) is 3.57. The molecule has 1 unspecified atom stereocenters. The number of nitro groups is 1. The standard InChI is InChI=1S/C18H18ClN3O4/c1-3-17(23)21-13-6-4-12(5-7-13)11(2)20-18(24)15-9-8-14(22(25)26)10-16(15)19/h4-11H,3H2,1-2H3,(H,20,24)(H,21,23). The summed E-state index contributed by atoms with van der Waals surface area (Å²) in [5.41, 5.74) is 1.50. The molecule has 1 atom stereocenters. The summed E-state index contributed by atoms with van der Waals surface area (Å²) in [5.74, 6) is -0.507. The summed E-state index contributed by atoms with van der Waals surface area (Å²) >= 11 is 5.98. The van der Waals surface area contributed by atoms with Gasteiger partial charge in [0.05, 0.1) is 21.6 Å². The smallest absolute Gasteiger partial charge is 0.270 e. The fourth-order valence-electron chi connectivity index (χ4n) is 2.26. The van der Waals surface area contributed by atoms with E-state index in [4.69, 9.17) is 11.6 Å². The van der Waals surface area contributed by atoms with Gasteiger partial charge in [-0.1, -0.05) is 30.7 Å². The summed E-state index contributed by atoms with van der Waals surface area (Å²) in [4.78, 5) is 33.9. The van der Waals surface area contributed by atoms with Crippen LogP contribution < -0.4 is 10.6 Å². The monoisotopic (exact) mass is 375 g/mol. The lowest BCUT2D eigenvalue weighted by molar-refractivity contribution is -0.384. The summed E-state index contributed by atoms with van der Waals surface area (Å²) in [6, 6.07) is 10.5. The topological polar surface area (TPSA) is 101 Å². The van der Waals surface area contributed by atoms with Gasteiger partial charge in [0.2, 0.25) is 5.91 Å². The number of non-ortho nitro benzene ring substituents is 1. The fraction of sp³-hybridized carbons (Fsp3) is 0.222. The number of nitro benzene ring substituents is 1. The van der Waals surface area contributed by atoms with Gasteiger partial charge in [0, 0.05) is 24.2 Å². The summed E-state index contributed by atoms with van der Waals surface area (Å²) in [6.07, 6.45) is 0.393. The van der Waals surface area contributed by atoms with Crippen molar-refractivity contribution in [3.05, 3.63) is 68.7 Å². The minimum atomic E-state index is -0.574. The first kappa shape index (κ1) is 19.4. The third-order valence-corrected chi connectivity index (χ3v) is 4.08. The van der Waals surface area contributed by atoms with E-state index < -0.39 is 10.8 Å². The predicted octanol–water partition coefficient (Wildman–Crippen LogP) is 4.09. The highest BCUT2D eigenvalue weighted by Crippen LogP contribution is 2.23. The lowest BCUT2D eigenvalue weighted by Gasteiger charge is -2.15. The van der Waals surface area contributed by atoms with Crippen molar-refractivity contribution >= 4 is 34.8 Å². The molecule has 0 bridgehead atoms. The Morgan fingerprint density at radius 1 is 1.19 bits per heavy atom. The first-order chi connectivity index (χ1) is 12.3. The maximum Gasteiger partial charge on any atom is 0.270 e. The number of carbonyl (C=O) groups excluding carboxylic acids is 2. The molecule has 8 heteroatoms. The summed E-state index contributed by atoms with van der Waals surface area (Å²) < 4.78 is 0. The molecular weight excluding hydrogens is 358 g/mol. The molecule has 0 saturated heterocycles. The number of halogens is 1. The highest BCUT2D eigenvalue weighted by Gasteiger charge is 2.17. The average Bonchev–Trinajstić information content (AvgIpc) is 2.61. The van der Waals surface area contributed by atoms with Crippen LogP contribution in [0, 0.1) is 10.1 Å². The van der Waals surface area contributed by atoms with Crippen molar-refractivity contribution in [2.75, 3.05) is 5.32 Å². The second-order valence-electron chi connectivity index (χ2n) is 5.64. The minimum Gasteiger partial charge on any atom is -0.345 e. The highest BCUT2D eigenvalue weighted by atomic mass is 35.5. The second-order valence-corrected chi connectivity index (χ2v) is 6.05. The van der Waals surface area contributed by atoms with E-state index in [-0.39, 0.29) is 28.2 Å². The van der Waals surface area contributed by atoms with Crippen LogP contribution in [0.15, 0.2) is 42.5 Å². The molecule has 0 saturated carbocycles.